The number of carbonyl (C=O) groups is 1. The van der Waals surface area contributed by atoms with E-state index in [-0.39, 0.29) is 18.1 Å². The van der Waals surface area contributed by atoms with Crippen molar-refractivity contribution in [1.29, 1.82) is 0 Å². The first kappa shape index (κ1) is 16.1. The molecule has 1 aliphatic rings. The van der Waals surface area contributed by atoms with E-state index >= 15 is 0 Å². The van der Waals surface area contributed by atoms with Gasteiger partial charge in [-0.15, -0.1) is 21.5 Å². The molecule has 0 N–H and O–H groups in total. The second kappa shape index (κ2) is 6.76. The van der Waals surface area contributed by atoms with Crippen LogP contribution in [-0.2, 0) is 4.74 Å². The average molecular weight is 336 g/mol. The third-order valence-corrected chi connectivity index (χ3v) is 4.93. The molecule has 8 heteroatoms. The number of hydrogen-bond acceptors (Lipinski definition) is 8. The Hall–Kier alpha value is -1.80. The van der Waals surface area contributed by atoms with Crippen molar-refractivity contribution in [2.24, 2.45) is 0 Å². The van der Waals surface area contributed by atoms with Crippen molar-refractivity contribution < 1.29 is 13.9 Å². The van der Waals surface area contributed by atoms with Crippen LogP contribution in [0.25, 0.3) is 0 Å². The van der Waals surface area contributed by atoms with Gasteiger partial charge in [0, 0.05) is 12.3 Å². The standard InChI is InChI=1S/C15H20N4O3S/c1-4-21-15(20)11-8-23-14(16-11)12-6-5-7-19(12)9(2)13-18-17-10(3)22-13/h8-9,12H,4-7H2,1-3H3/t9-,12+/m1/s1. The van der Waals surface area contributed by atoms with Crippen molar-refractivity contribution in [3.8, 4) is 0 Å². The van der Waals surface area contributed by atoms with Crippen molar-refractivity contribution in [2.75, 3.05) is 13.2 Å². The highest BCUT2D eigenvalue weighted by Crippen LogP contribution is 2.39. The zero-order chi connectivity index (χ0) is 16.4. The summed E-state index contributed by atoms with van der Waals surface area (Å²) in [6.07, 6.45) is 2.09. The lowest BCUT2D eigenvalue weighted by Crippen LogP contribution is -2.27. The molecule has 0 bridgehead atoms. The summed E-state index contributed by atoms with van der Waals surface area (Å²) >= 11 is 1.50. The Morgan fingerprint density at radius 2 is 2.39 bits per heavy atom. The number of ether oxygens (including phenoxy) is 1. The summed E-state index contributed by atoms with van der Waals surface area (Å²) in [5.41, 5.74) is 0.389. The fourth-order valence-electron chi connectivity index (χ4n) is 2.88. The van der Waals surface area contributed by atoms with Crippen LogP contribution in [0.15, 0.2) is 9.80 Å². The van der Waals surface area contributed by atoms with Gasteiger partial charge in [0.05, 0.1) is 18.7 Å². The van der Waals surface area contributed by atoms with Gasteiger partial charge in [-0.3, -0.25) is 4.90 Å². The Bertz CT molecular complexity index is 684. The molecule has 0 amide bonds. The van der Waals surface area contributed by atoms with Crippen molar-refractivity contribution in [2.45, 2.75) is 45.7 Å². The summed E-state index contributed by atoms with van der Waals surface area (Å²) in [5.74, 6) is 0.832. The number of aryl methyl sites for hydroxylation is 1. The molecule has 0 aromatic carbocycles. The van der Waals surface area contributed by atoms with Gasteiger partial charge < -0.3 is 9.15 Å². The lowest BCUT2D eigenvalue weighted by atomic mass is 10.2. The van der Waals surface area contributed by atoms with Crippen LogP contribution in [-0.4, -0.2) is 39.2 Å². The minimum atomic E-state index is -0.361. The highest BCUT2D eigenvalue weighted by atomic mass is 32.1. The Morgan fingerprint density at radius 3 is 3.09 bits per heavy atom. The lowest BCUT2D eigenvalue weighted by Gasteiger charge is -2.27. The number of thiazole rings is 1. The molecule has 1 fully saturated rings. The molecule has 0 radical (unpaired) electrons. The summed E-state index contributed by atoms with van der Waals surface area (Å²) in [6, 6.07) is 0.198. The molecule has 1 saturated heterocycles. The zero-order valence-corrected chi connectivity index (χ0v) is 14.3. The van der Waals surface area contributed by atoms with Gasteiger partial charge in [-0.1, -0.05) is 0 Å². The van der Waals surface area contributed by atoms with E-state index in [9.17, 15) is 4.79 Å². The number of aromatic nitrogens is 3. The maximum Gasteiger partial charge on any atom is 0.357 e. The van der Waals surface area contributed by atoms with Crippen LogP contribution in [0.4, 0.5) is 0 Å². The van der Waals surface area contributed by atoms with E-state index in [1.165, 1.54) is 11.3 Å². The fourth-order valence-corrected chi connectivity index (χ4v) is 3.82. The van der Waals surface area contributed by atoms with Gasteiger partial charge in [-0.25, -0.2) is 9.78 Å². The second-order valence-electron chi connectivity index (χ2n) is 5.52. The van der Waals surface area contributed by atoms with Gasteiger partial charge in [0.25, 0.3) is 0 Å². The normalized spacial score (nSPS) is 19.9. The molecule has 124 valence electrons. The Labute approximate surface area is 138 Å². The van der Waals surface area contributed by atoms with E-state index in [2.05, 4.69) is 27.0 Å². The van der Waals surface area contributed by atoms with Crippen LogP contribution in [0.3, 0.4) is 0 Å². The van der Waals surface area contributed by atoms with Crippen LogP contribution in [0.1, 0.15) is 66.1 Å². The van der Waals surface area contributed by atoms with Gasteiger partial charge in [0.15, 0.2) is 5.69 Å². The monoisotopic (exact) mass is 336 g/mol. The lowest BCUT2D eigenvalue weighted by molar-refractivity contribution is 0.0519. The Morgan fingerprint density at radius 1 is 1.57 bits per heavy atom. The molecule has 0 aliphatic carbocycles. The molecule has 2 aromatic heterocycles. The number of likely N-dealkylation sites (tertiary alicyclic amines) is 1. The molecule has 23 heavy (non-hydrogen) atoms. The van der Waals surface area contributed by atoms with Gasteiger partial charge in [0.2, 0.25) is 11.8 Å². The molecule has 0 unspecified atom stereocenters. The van der Waals surface area contributed by atoms with E-state index in [0.29, 0.717) is 24.1 Å². The number of hydrogen-bond donors (Lipinski definition) is 0. The largest absolute Gasteiger partial charge is 0.461 e. The third kappa shape index (κ3) is 3.28. The highest BCUT2D eigenvalue weighted by molar-refractivity contribution is 7.09. The average Bonchev–Trinajstić information content (AvgIpc) is 3.26. The first-order valence-electron chi connectivity index (χ1n) is 7.78. The molecular weight excluding hydrogens is 316 g/mol. The third-order valence-electron chi connectivity index (χ3n) is 3.98. The molecule has 0 saturated carbocycles. The predicted molar refractivity (Wildman–Crippen MR) is 84.2 cm³/mol. The van der Waals surface area contributed by atoms with Gasteiger partial charge in [-0.05, 0) is 33.2 Å². The molecule has 2 atom stereocenters. The molecule has 1 aliphatic heterocycles. The first-order valence-corrected chi connectivity index (χ1v) is 8.66. The minimum absolute atomic E-state index is 0.0265. The van der Waals surface area contributed by atoms with Crippen molar-refractivity contribution in [1.82, 2.24) is 20.1 Å². The summed E-state index contributed by atoms with van der Waals surface area (Å²) in [7, 11) is 0. The van der Waals surface area contributed by atoms with Crippen molar-refractivity contribution >= 4 is 17.3 Å². The highest BCUT2D eigenvalue weighted by Gasteiger charge is 2.34. The molecular formula is C15H20N4O3S. The van der Waals surface area contributed by atoms with Crippen molar-refractivity contribution in [3.63, 3.8) is 0 Å². The van der Waals surface area contributed by atoms with Crippen LogP contribution in [0.5, 0.6) is 0 Å². The minimum Gasteiger partial charge on any atom is -0.461 e. The molecule has 0 spiro atoms. The number of esters is 1. The quantitative estimate of drug-likeness (QED) is 0.776. The van der Waals surface area contributed by atoms with Crippen LogP contribution < -0.4 is 0 Å². The van der Waals surface area contributed by atoms with E-state index in [1.807, 2.05) is 0 Å². The number of rotatable bonds is 5. The second-order valence-corrected chi connectivity index (χ2v) is 6.41. The molecule has 7 nitrogen and oxygen atoms in total. The zero-order valence-electron chi connectivity index (χ0n) is 13.5. The number of carbonyl (C=O) groups excluding carboxylic acids is 1. The maximum atomic E-state index is 11.8. The Balaban J connectivity index is 1.77. The summed E-state index contributed by atoms with van der Waals surface area (Å²) in [4.78, 5) is 18.6. The van der Waals surface area contributed by atoms with Gasteiger partial charge in [0.1, 0.15) is 5.01 Å². The summed E-state index contributed by atoms with van der Waals surface area (Å²) < 4.78 is 10.6. The maximum absolute atomic E-state index is 11.8. The van der Waals surface area contributed by atoms with E-state index in [0.717, 1.165) is 24.4 Å². The van der Waals surface area contributed by atoms with Crippen LogP contribution in [0.2, 0.25) is 0 Å². The smallest absolute Gasteiger partial charge is 0.357 e. The molecule has 2 aromatic rings. The predicted octanol–water partition coefficient (Wildman–Crippen LogP) is 2.91. The SMILES string of the molecule is CCOC(=O)c1csc([C@@H]2CCCN2[C@H](C)c2nnc(C)o2)n1. The topological polar surface area (TPSA) is 81.4 Å². The van der Waals surface area contributed by atoms with Gasteiger partial charge in [-0.2, -0.15) is 0 Å². The number of nitrogens with zero attached hydrogens (tertiary/aromatic N) is 4. The summed E-state index contributed by atoms with van der Waals surface area (Å²) in [5, 5.41) is 10.7. The van der Waals surface area contributed by atoms with Crippen LogP contribution >= 0.6 is 11.3 Å². The molecule has 3 rings (SSSR count). The fraction of sp³-hybridized carbons (Fsp3) is 0.600. The Kier molecular flexibility index (Phi) is 4.72. The van der Waals surface area contributed by atoms with E-state index < -0.39 is 0 Å². The summed E-state index contributed by atoms with van der Waals surface area (Å²) in [6.45, 7) is 6.94. The van der Waals surface area contributed by atoms with Crippen molar-refractivity contribution in [3.05, 3.63) is 27.9 Å². The molecule has 3 heterocycles. The van der Waals surface area contributed by atoms with E-state index in [1.54, 1.807) is 19.2 Å². The van der Waals surface area contributed by atoms with E-state index in [4.69, 9.17) is 9.15 Å². The first-order chi connectivity index (χ1) is 11.1. The van der Waals surface area contributed by atoms with Gasteiger partial charge >= 0.3 is 5.97 Å². The van der Waals surface area contributed by atoms with Crippen LogP contribution in [0, 0.1) is 6.92 Å².